The molecule has 2 amide bonds. The van der Waals surface area contributed by atoms with Gasteiger partial charge in [-0.3, -0.25) is 14.5 Å². The Morgan fingerprint density at radius 1 is 1.00 bits per heavy atom. The average Bonchev–Trinajstić information content (AvgIpc) is 2.83. The fourth-order valence-electron chi connectivity index (χ4n) is 3.52. The van der Waals surface area contributed by atoms with Crippen LogP contribution in [0.4, 0.5) is 15.8 Å². The van der Waals surface area contributed by atoms with E-state index >= 15 is 0 Å². The molecule has 1 fully saturated rings. The Morgan fingerprint density at radius 3 is 2.36 bits per heavy atom. The smallest absolute Gasteiger partial charge is 0.238 e. The molecule has 168 valence electrons. The van der Waals surface area contributed by atoms with E-state index in [1.54, 1.807) is 29.2 Å². The highest BCUT2D eigenvalue weighted by atomic mass is 32.2. The van der Waals surface area contributed by atoms with Gasteiger partial charge in [0.05, 0.1) is 5.69 Å². The first-order valence-corrected chi connectivity index (χ1v) is 11.7. The van der Waals surface area contributed by atoms with Crippen molar-refractivity contribution >= 4 is 40.1 Å². The van der Waals surface area contributed by atoms with Crippen molar-refractivity contribution in [2.24, 2.45) is 4.99 Å². The Hall–Kier alpha value is -3.45. The number of para-hydroxylation sites is 1. The van der Waals surface area contributed by atoms with Crippen LogP contribution in [0, 0.1) is 5.82 Å². The Morgan fingerprint density at radius 2 is 1.67 bits per heavy atom. The lowest BCUT2D eigenvalue weighted by atomic mass is 10.1. The minimum Gasteiger partial charge on any atom is -0.325 e. The van der Waals surface area contributed by atoms with Gasteiger partial charge in [0, 0.05) is 18.7 Å². The van der Waals surface area contributed by atoms with Gasteiger partial charge in [0.25, 0.3) is 0 Å². The van der Waals surface area contributed by atoms with Gasteiger partial charge in [-0.15, -0.1) is 0 Å². The Labute approximate surface area is 196 Å². The second-order valence-electron chi connectivity index (χ2n) is 7.67. The fraction of sp³-hybridized carbons (Fsp3) is 0.192. The van der Waals surface area contributed by atoms with Crippen molar-refractivity contribution in [3.8, 4) is 0 Å². The Balaban J connectivity index is 1.50. The number of nitrogens with one attached hydrogen (secondary N) is 1. The van der Waals surface area contributed by atoms with E-state index in [-0.39, 0.29) is 24.1 Å². The predicted octanol–water partition coefficient (Wildman–Crippen LogP) is 5.42. The predicted molar refractivity (Wildman–Crippen MR) is 131 cm³/mol. The molecule has 0 aromatic heterocycles. The molecule has 1 heterocycles. The standard InChI is InChI=1S/C26H24FN3O2S/c27-20-13-15-22(16-14-20)29-26-30(17-7-10-19-8-3-1-4-9-19)24(31)18-23(33-26)25(32)28-21-11-5-2-6-12-21/h1-6,8-9,11-16,23H,7,10,17-18H2,(H,28,32). The minimum atomic E-state index is -0.595. The molecule has 33 heavy (non-hydrogen) atoms. The van der Waals surface area contributed by atoms with Crippen LogP contribution in [0.25, 0.3) is 0 Å². The van der Waals surface area contributed by atoms with Crippen LogP contribution in [0.15, 0.2) is 89.9 Å². The van der Waals surface area contributed by atoms with Crippen molar-refractivity contribution in [1.29, 1.82) is 0 Å². The first-order chi connectivity index (χ1) is 16.1. The van der Waals surface area contributed by atoms with Crippen molar-refractivity contribution in [3.63, 3.8) is 0 Å². The van der Waals surface area contributed by atoms with Gasteiger partial charge in [-0.05, 0) is 54.8 Å². The Kier molecular flexibility index (Phi) is 7.52. The summed E-state index contributed by atoms with van der Waals surface area (Å²) in [6.45, 7) is 0.494. The molecule has 0 radical (unpaired) electrons. The SMILES string of the molecule is O=C(Nc1ccccc1)C1CC(=O)N(CCCc2ccccc2)C(=Nc2ccc(F)cc2)S1. The number of thioether (sulfide) groups is 1. The minimum absolute atomic E-state index is 0.0944. The van der Waals surface area contributed by atoms with Crippen LogP contribution in [-0.2, 0) is 16.0 Å². The van der Waals surface area contributed by atoms with Gasteiger partial charge in [0.15, 0.2) is 5.17 Å². The van der Waals surface area contributed by atoms with Crippen LogP contribution in [0.3, 0.4) is 0 Å². The van der Waals surface area contributed by atoms with Crippen molar-refractivity contribution in [1.82, 2.24) is 4.90 Å². The maximum Gasteiger partial charge on any atom is 0.238 e. The molecular weight excluding hydrogens is 437 g/mol. The molecule has 1 aliphatic rings. The average molecular weight is 462 g/mol. The fourth-order valence-corrected chi connectivity index (χ4v) is 4.64. The summed E-state index contributed by atoms with van der Waals surface area (Å²) in [6, 6.07) is 25.0. The zero-order valence-electron chi connectivity index (χ0n) is 18.0. The maximum atomic E-state index is 13.3. The summed E-state index contributed by atoms with van der Waals surface area (Å²) in [6.07, 6.45) is 1.69. The van der Waals surface area contributed by atoms with Gasteiger partial charge in [-0.1, -0.05) is 60.3 Å². The van der Waals surface area contributed by atoms with Gasteiger partial charge in [0.2, 0.25) is 11.8 Å². The number of amidine groups is 1. The van der Waals surface area contributed by atoms with Gasteiger partial charge >= 0.3 is 0 Å². The second kappa shape index (κ2) is 10.9. The highest BCUT2D eigenvalue weighted by molar-refractivity contribution is 8.15. The molecule has 3 aromatic carbocycles. The number of carbonyl (C=O) groups is 2. The largest absolute Gasteiger partial charge is 0.325 e. The van der Waals surface area contributed by atoms with E-state index in [1.807, 2.05) is 36.4 Å². The van der Waals surface area contributed by atoms with Gasteiger partial charge < -0.3 is 5.32 Å². The van der Waals surface area contributed by atoms with E-state index in [2.05, 4.69) is 22.4 Å². The number of rotatable bonds is 7. The third-order valence-electron chi connectivity index (χ3n) is 5.21. The molecule has 0 saturated carbocycles. The molecule has 0 bridgehead atoms. The normalized spacial score (nSPS) is 17.2. The number of halogens is 1. The first-order valence-electron chi connectivity index (χ1n) is 10.8. The van der Waals surface area contributed by atoms with E-state index in [1.165, 1.54) is 29.5 Å². The lowest BCUT2D eigenvalue weighted by Gasteiger charge is -2.32. The van der Waals surface area contributed by atoms with Crippen LogP contribution >= 0.6 is 11.8 Å². The molecule has 4 rings (SSSR count). The van der Waals surface area contributed by atoms with E-state index in [4.69, 9.17) is 0 Å². The van der Waals surface area contributed by atoms with Crippen LogP contribution in [-0.4, -0.2) is 33.7 Å². The molecule has 1 atom stereocenters. The molecule has 7 heteroatoms. The Bertz CT molecular complexity index is 1120. The molecular formula is C26H24FN3O2S. The summed E-state index contributed by atoms with van der Waals surface area (Å²) < 4.78 is 13.3. The van der Waals surface area contributed by atoms with Crippen LogP contribution in [0.5, 0.6) is 0 Å². The quantitative estimate of drug-likeness (QED) is 0.511. The lowest BCUT2D eigenvalue weighted by Crippen LogP contribution is -2.45. The molecule has 1 aliphatic heterocycles. The van der Waals surface area contributed by atoms with Crippen molar-refractivity contribution < 1.29 is 14.0 Å². The zero-order valence-corrected chi connectivity index (χ0v) is 18.8. The number of anilines is 1. The maximum absolute atomic E-state index is 13.3. The van der Waals surface area contributed by atoms with Crippen molar-refractivity contribution in [3.05, 3.63) is 96.3 Å². The number of nitrogens with zero attached hydrogens (tertiary/aromatic N) is 2. The monoisotopic (exact) mass is 461 g/mol. The van der Waals surface area contributed by atoms with Crippen molar-refractivity contribution in [2.45, 2.75) is 24.5 Å². The van der Waals surface area contributed by atoms with Crippen LogP contribution < -0.4 is 5.32 Å². The molecule has 1 N–H and O–H groups in total. The summed E-state index contributed by atoms with van der Waals surface area (Å²) in [5, 5.41) is 2.73. The number of aryl methyl sites for hydroxylation is 1. The molecule has 1 saturated heterocycles. The lowest BCUT2D eigenvalue weighted by molar-refractivity contribution is -0.129. The summed E-state index contributed by atoms with van der Waals surface area (Å²) in [4.78, 5) is 32.1. The number of aliphatic imine (C=N–C) groups is 1. The van der Waals surface area contributed by atoms with Crippen LogP contribution in [0.2, 0.25) is 0 Å². The number of benzene rings is 3. The summed E-state index contributed by atoms with van der Waals surface area (Å²) in [5.41, 5.74) is 2.41. The number of hydrogen-bond donors (Lipinski definition) is 1. The molecule has 0 spiro atoms. The third kappa shape index (κ3) is 6.29. The van der Waals surface area contributed by atoms with E-state index in [9.17, 15) is 14.0 Å². The summed E-state index contributed by atoms with van der Waals surface area (Å²) in [7, 11) is 0. The molecule has 5 nitrogen and oxygen atoms in total. The summed E-state index contributed by atoms with van der Waals surface area (Å²) in [5.74, 6) is -0.739. The number of hydrogen-bond acceptors (Lipinski definition) is 4. The van der Waals surface area contributed by atoms with Gasteiger partial charge in [0.1, 0.15) is 11.1 Å². The molecule has 0 aliphatic carbocycles. The second-order valence-corrected chi connectivity index (χ2v) is 8.84. The van der Waals surface area contributed by atoms with Crippen molar-refractivity contribution in [2.75, 3.05) is 11.9 Å². The topological polar surface area (TPSA) is 61.8 Å². The third-order valence-corrected chi connectivity index (χ3v) is 6.40. The number of carbonyl (C=O) groups excluding carboxylic acids is 2. The van der Waals surface area contributed by atoms with Gasteiger partial charge in [-0.25, -0.2) is 9.38 Å². The number of amides is 2. The van der Waals surface area contributed by atoms with Gasteiger partial charge in [-0.2, -0.15) is 0 Å². The summed E-state index contributed by atoms with van der Waals surface area (Å²) >= 11 is 1.27. The highest BCUT2D eigenvalue weighted by Gasteiger charge is 2.35. The molecule has 3 aromatic rings. The first kappa shape index (κ1) is 22.7. The van der Waals surface area contributed by atoms with E-state index in [0.717, 1.165) is 12.8 Å². The zero-order chi connectivity index (χ0) is 23.0. The highest BCUT2D eigenvalue weighted by Crippen LogP contribution is 2.30. The van der Waals surface area contributed by atoms with E-state index in [0.29, 0.717) is 23.1 Å². The van der Waals surface area contributed by atoms with E-state index < -0.39 is 5.25 Å². The molecule has 1 unspecified atom stereocenters. The van der Waals surface area contributed by atoms with Crippen LogP contribution in [0.1, 0.15) is 18.4 Å².